The van der Waals surface area contributed by atoms with Crippen molar-refractivity contribution in [2.24, 2.45) is 5.41 Å². The largest absolute Gasteiger partial charge is 0.396 e. The Labute approximate surface area is 89.8 Å². The molecular weight excluding hydrogens is 190 g/mol. The minimum Gasteiger partial charge on any atom is -0.396 e. The number of rotatable bonds is 5. The van der Waals surface area contributed by atoms with Gasteiger partial charge in [-0.05, 0) is 24.7 Å². The summed E-state index contributed by atoms with van der Waals surface area (Å²) in [5, 5.41) is 12.3. The van der Waals surface area contributed by atoms with Crippen LogP contribution in [0.3, 0.4) is 0 Å². The topological polar surface area (TPSA) is 58.0 Å². The van der Waals surface area contributed by atoms with Gasteiger partial charge in [0.15, 0.2) is 0 Å². The van der Waals surface area contributed by atoms with Crippen LogP contribution in [-0.4, -0.2) is 28.2 Å². The maximum Gasteiger partial charge on any atom is 0.144 e. The summed E-state index contributed by atoms with van der Waals surface area (Å²) in [7, 11) is 0. The highest BCUT2D eigenvalue weighted by Crippen LogP contribution is 2.43. The third kappa shape index (κ3) is 2.45. The van der Waals surface area contributed by atoms with E-state index in [1.807, 2.05) is 0 Å². The number of aromatic nitrogens is 2. The average molecular weight is 207 g/mol. The summed E-state index contributed by atoms with van der Waals surface area (Å²) >= 11 is 0. The lowest BCUT2D eigenvalue weighted by Gasteiger charge is -2.41. The summed E-state index contributed by atoms with van der Waals surface area (Å²) in [6.07, 6.45) is 9.66. The Morgan fingerprint density at radius 1 is 1.40 bits per heavy atom. The Bertz CT molecular complexity index is 298. The number of aliphatic hydroxyl groups is 1. The smallest absolute Gasteiger partial charge is 0.144 e. The Hall–Kier alpha value is -1.16. The van der Waals surface area contributed by atoms with Crippen molar-refractivity contribution in [3.8, 4) is 0 Å². The summed E-state index contributed by atoms with van der Waals surface area (Å²) in [5.74, 6) is 0.821. The molecule has 82 valence electrons. The predicted molar refractivity (Wildman–Crippen MR) is 58.5 cm³/mol. The van der Waals surface area contributed by atoms with Crippen molar-refractivity contribution in [3.05, 3.63) is 18.6 Å². The van der Waals surface area contributed by atoms with E-state index in [4.69, 9.17) is 5.11 Å². The van der Waals surface area contributed by atoms with Gasteiger partial charge < -0.3 is 10.4 Å². The zero-order valence-electron chi connectivity index (χ0n) is 8.82. The molecule has 0 aliphatic heterocycles. The molecular formula is C11H17N3O. The first-order chi connectivity index (χ1) is 7.35. The number of anilines is 1. The molecule has 2 rings (SSSR count). The van der Waals surface area contributed by atoms with Gasteiger partial charge in [-0.15, -0.1) is 0 Å². The Balaban J connectivity index is 1.86. The van der Waals surface area contributed by atoms with Gasteiger partial charge >= 0.3 is 0 Å². The lowest BCUT2D eigenvalue weighted by molar-refractivity contribution is 0.101. The van der Waals surface area contributed by atoms with Crippen LogP contribution in [0.4, 0.5) is 5.82 Å². The highest BCUT2D eigenvalue weighted by Gasteiger charge is 2.35. The molecule has 0 unspecified atom stereocenters. The first-order valence-electron chi connectivity index (χ1n) is 5.45. The average Bonchev–Trinajstić information content (AvgIpc) is 2.23. The van der Waals surface area contributed by atoms with Crippen molar-refractivity contribution in [1.82, 2.24) is 9.97 Å². The molecule has 1 aliphatic carbocycles. The lowest BCUT2D eigenvalue weighted by atomic mass is 9.67. The predicted octanol–water partition coefficient (Wildman–Crippen LogP) is 1.44. The Morgan fingerprint density at radius 3 is 2.80 bits per heavy atom. The molecule has 15 heavy (non-hydrogen) atoms. The van der Waals surface area contributed by atoms with Crippen molar-refractivity contribution >= 4 is 5.82 Å². The first kappa shape index (κ1) is 10.4. The van der Waals surface area contributed by atoms with Crippen molar-refractivity contribution in [2.45, 2.75) is 25.7 Å². The van der Waals surface area contributed by atoms with Crippen LogP contribution in [0.1, 0.15) is 25.7 Å². The molecule has 0 amide bonds. The summed E-state index contributed by atoms with van der Waals surface area (Å²) < 4.78 is 0. The van der Waals surface area contributed by atoms with Crippen molar-refractivity contribution in [2.75, 3.05) is 18.5 Å². The van der Waals surface area contributed by atoms with Crippen molar-refractivity contribution in [1.29, 1.82) is 0 Å². The van der Waals surface area contributed by atoms with Crippen LogP contribution in [0.5, 0.6) is 0 Å². The second-order valence-electron chi connectivity index (χ2n) is 4.27. The van der Waals surface area contributed by atoms with Gasteiger partial charge in [0.2, 0.25) is 0 Å². The molecule has 1 aliphatic rings. The molecule has 0 atom stereocenters. The quantitative estimate of drug-likeness (QED) is 0.767. The number of aliphatic hydroxyl groups excluding tert-OH is 1. The Kier molecular flexibility index (Phi) is 3.16. The fourth-order valence-electron chi connectivity index (χ4n) is 2.10. The minimum atomic E-state index is 0.280. The van der Waals surface area contributed by atoms with Crippen LogP contribution >= 0.6 is 0 Å². The van der Waals surface area contributed by atoms with Crippen LogP contribution in [0, 0.1) is 5.41 Å². The number of hydrogen-bond donors (Lipinski definition) is 2. The second-order valence-corrected chi connectivity index (χ2v) is 4.27. The maximum atomic E-state index is 9.01. The van der Waals surface area contributed by atoms with E-state index in [2.05, 4.69) is 15.3 Å². The van der Waals surface area contributed by atoms with Crippen molar-refractivity contribution in [3.63, 3.8) is 0 Å². The molecule has 1 fully saturated rings. The molecule has 1 aromatic rings. The van der Waals surface area contributed by atoms with Gasteiger partial charge in [0.1, 0.15) is 5.82 Å². The van der Waals surface area contributed by atoms with Gasteiger partial charge in [-0.1, -0.05) is 6.42 Å². The van der Waals surface area contributed by atoms with E-state index in [1.54, 1.807) is 18.6 Å². The van der Waals surface area contributed by atoms with Gasteiger partial charge in [0.05, 0.1) is 6.20 Å². The minimum absolute atomic E-state index is 0.280. The molecule has 0 aromatic carbocycles. The molecule has 0 radical (unpaired) electrons. The molecule has 0 spiro atoms. The summed E-state index contributed by atoms with van der Waals surface area (Å²) in [5.41, 5.74) is 0.298. The third-order valence-corrected chi connectivity index (χ3v) is 3.26. The maximum absolute atomic E-state index is 9.01. The van der Waals surface area contributed by atoms with Gasteiger partial charge in [-0.2, -0.15) is 0 Å². The van der Waals surface area contributed by atoms with E-state index in [9.17, 15) is 0 Å². The summed E-state index contributed by atoms with van der Waals surface area (Å²) in [6.45, 7) is 1.18. The van der Waals surface area contributed by atoms with Crippen LogP contribution in [0.15, 0.2) is 18.6 Å². The number of nitrogens with one attached hydrogen (secondary N) is 1. The van der Waals surface area contributed by atoms with Crippen molar-refractivity contribution < 1.29 is 5.11 Å². The van der Waals surface area contributed by atoms with E-state index in [0.29, 0.717) is 5.41 Å². The molecule has 1 heterocycles. The van der Waals surface area contributed by atoms with Gasteiger partial charge in [0.25, 0.3) is 0 Å². The molecule has 0 saturated heterocycles. The number of nitrogens with zero attached hydrogens (tertiary/aromatic N) is 2. The fraction of sp³-hybridized carbons (Fsp3) is 0.636. The standard InChI is InChI=1S/C11H17N3O/c15-7-4-11(2-1-3-11)9-14-10-8-12-5-6-13-10/h5-6,8,15H,1-4,7,9H2,(H,13,14). The van der Waals surface area contributed by atoms with Gasteiger partial charge in [-0.25, -0.2) is 4.98 Å². The first-order valence-corrected chi connectivity index (χ1v) is 5.45. The van der Waals surface area contributed by atoms with E-state index < -0.39 is 0 Å². The third-order valence-electron chi connectivity index (χ3n) is 3.26. The fourth-order valence-corrected chi connectivity index (χ4v) is 2.10. The van der Waals surface area contributed by atoms with Gasteiger partial charge in [0, 0.05) is 25.5 Å². The highest BCUT2D eigenvalue weighted by molar-refractivity contribution is 5.30. The second kappa shape index (κ2) is 4.57. The Morgan fingerprint density at radius 2 is 2.27 bits per heavy atom. The normalized spacial score (nSPS) is 18.2. The van der Waals surface area contributed by atoms with E-state index >= 15 is 0 Å². The van der Waals surface area contributed by atoms with E-state index in [0.717, 1.165) is 18.8 Å². The zero-order valence-corrected chi connectivity index (χ0v) is 8.82. The zero-order chi connectivity index (χ0) is 10.6. The highest BCUT2D eigenvalue weighted by atomic mass is 16.3. The van der Waals surface area contributed by atoms with E-state index in [-0.39, 0.29) is 6.61 Å². The molecule has 1 aromatic heterocycles. The molecule has 0 bridgehead atoms. The van der Waals surface area contributed by atoms with E-state index in [1.165, 1.54) is 19.3 Å². The molecule has 1 saturated carbocycles. The van der Waals surface area contributed by atoms with Crippen LogP contribution < -0.4 is 5.32 Å². The van der Waals surface area contributed by atoms with Crippen LogP contribution in [-0.2, 0) is 0 Å². The monoisotopic (exact) mass is 207 g/mol. The molecule has 4 nitrogen and oxygen atoms in total. The summed E-state index contributed by atoms with van der Waals surface area (Å²) in [4.78, 5) is 8.17. The number of hydrogen-bond acceptors (Lipinski definition) is 4. The molecule has 4 heteroatoms. The molecule has 2 N–H and O–H groups in total. The van der Waals surface area contributed by atoms with Gasteiger partial charge in [-0.3, -0.25) is 4.98 Å². The lowest BCUT2D eigenvalue weighted by Crippen LogP contribution is -2.37. The van der Waals surface area contributed by atoms with Crippen LogP contribution in [0.25, 0.3) is 0 Å². The SMILES string of the molecule is OCCC1(CNc2cnccn2)CCC1. The summed E-state index contributed by atoms with van der Waals surface area (Å²) in [6, 6.07) is 0. The van der Waals surface area contributed by atoms with Crippen LogP contribution in [0.2, 0.25) is 0 Å².